The molecule has 2 rings (SSSR count). The average Bonchev–Trinajstić information content (AvgIpc) is 2.02. The Labute approximate surface area is 96.7 Å². The molecule has 0 fully saturated rings. The predicted octanol–water partition coefficient (Wildman–Crippen LogP) is 2.94. The van der Waals surface area contributed by atoms with Crippen LogP contribution in [0, 0.1) is 0 Å². The van der Waals surface area contributed by atoms with Crippen LogP contribution in [0.4, 0.5) is 5.82 Å². The van der Waals surface area contributed by atoms with E-state index in [4.69, 9.17) is 28.9 Å². The van der Waals surface area contributed by atoms with Gasteiger partial charge in [0, 0.05) is 11.6 Å². The van der Waals surface area contributed by atoms with Crippen molar-refractivity contribution in [2.75, 3.05) is 5.73 Å². The quantitative estimate of drug-likeness (QED) is 0.731. The van der Waals surface area contributed by atoms with Crippen molar-refractivity contribution >= 4 is 52.2 Å². The van der Waals surface area contributed by atoms with E-state index in [9.17, 15) is 0 Å². The second kappa shape index (κ2) is 4.17. The summed E-state index contributed by atoms with van der Waals surface area (Å²) in [5.41, 5.74) is 5.51. The van der Waals surface area contributed by atoms with Gasteiger partial charge >= 0.3 is 0 Å². The summed E-state index contributed by atoms with van der Waals surface area (Å²) in [6.07, 6.45) is 1.58. The molecule has 0 aliphatic carbocycles. The van der Waals surface area contributed by atoms with Crippen LogP contribution in [0.2, 0.25) is 10.3 Å². The minimum atomic E-state index is 0. The lowest BCUT2D eigenvalue weighted by Crippen LogP contribution is -1.90. The molecule has 14 heavy (non-hydrogen) atoms. The van der Waals surface area contributed by atoms with E-state index in [0.29, 0.717) is 16.1 Å². The molecular formula is C8H6Cl3N3. The normalized spacial score (nSPS) is 9.86. The van der Waals surface area contributed by atoms with Gasteiger partial charge in [-0.1, -0.05) is 23.2 Å². The molecular weight excluding hydrogens is 244 g/mol. The molecule has 2 N–H and O–H groups in total. The number of nitrogen functional groups attached to an aromatic ring is 1. The molecule has 0 aliphatic rings. The van der Waals surface area contributed by atoms with E-state index in [2.05, 4.69) is 9.97 Å². The highest BCUT2D eigenvalue weighted by Gasteiger charge is 2.03. The van der Waals surface area contributed by atoms with Gasteiger partial charge in [0.15, 0.2) is 0 Å². The van der Waals surface area contributed by atoms with Crippen LogP contribution in [0.5, 0.6) is 0 Å². The smallest absolute Gasteiger partial charge is 0.140 e. The Bertz CT molecular complexity index is 467. The highest BCUT2D eigenvalue weighted by atomic mass is 35.5. The van der Waals surface area contributed by atoms with E-state index in [1.54, 1.807) is 18.3 Å². The summed E-state index contributed by atoms with van der Waals surface area (Å²) < 4.78 is 0. The first-order valence-electron chi connectivity index (χ1n) is 3.54. The topological polar surface area (TPSA) is 51.8 Å². The molecule has 2 aromatic heterocycles. The molecule has 0 saturated heterocycles. The van der Waals surface area contributed by atoms with Crippen LogP contribution in [0.1, 0.15) is 0 Å². The van der Waals surface area contributed by atoms with Crippen LogP contribution < -0.4 is 5.73 Å². The Kier molecular flexibility index (Phi) is 3.37. The number of fused-ring (bicyclic) bond motifs is 1. The number of anilines is 1. The molecule has 3 nitrogen and oxygen atoms in total. The van der Waals surface area contributed by atoms with Crippen LogP contribution in [0.25, 0.3) is 10.8 Å². The van der Waals surface area contributed by atoms with Crippen molar-refractivity contribution in [3.05, 3.63) is 28.6 Å². The molecule has 6 heteroatoms. The Hall–Kier alpha value is -0.770. The lowest BCUT2D eigenvalue weighted by Gasteiger charge is -2.00. The summed E-state index contributed by atoms with van der Waals surface area (Å²) in [4.78, 5) is 7.79. The van der Waals surface area contributed by atoms with Crippen LogP contribution in [0.15, 0.2) is 18.3 Å². The lowest BCUT2D eigenvalue weighted by atomic mass is 10.2. The molecule has 0 aromatic carbocycles. The Morgan fingerprint density at radius 3 is 2.64 bits per heavy atom. The highest BCUT2D eigenvalue weighted by molar-refractivity contribution is 6.36. The number of pyridine rings is 2. The number of nitrogens with zero attached hydrogens (tertiary/aromatic N) is 2. The van der Waals surface area contributed by atoms with Gasteiger partial charge in [0.25, 0.3) is 0 Å². The summed E-state index contributed by atoms with van der Waals surface area (Å²) in [7, 11) is 0. The Balaban J connectivity index is 0.000000980. The zero-order valence-corrected chi connectivity index (χ0v) is 9.20. The number of rotatable bonds is 0. The number of aromatic nitrogens is 2. The maximum atomic E-state index is 5.84. The van der Waals surface area contributed by atoms with Crippen LogP contribution in [-0.4, -0.2) is 9.97 Å². The second-order valence-corrected chi connectivity index (χ2v) is 3.31. The van der Waals surface area contributed by atoms with Gasteiger partial charge in [0.05, 0.1) is 0 Å². The second-order valence-electron chi connectivity index (χ2n) is 2.57. The molecule has 0 aliphatic heterocycles. The molecule has 0 saturated carbocycles. The van der Waals surface area contributed by atoms with Crippen molar-refractivity contribution in [1.82, 2.24) is 9.97 Å². The van der Waals surface area contributed by atoms with Crippen LogP contribution >= 0.6 is 35.6 Å². The predicted molar refractivity (Wildman–Crippen MR) is 61.2 cm³/mol. The van der Waals surface area contributed by atoms with E-state index in [0.717, 1.165) is 10.8 Å². The van der Waals surface area contributed by atoms with Crippen molar-refractivity contribution in [2.45, 2.75) is 0 Å². The van der Waals surface area contributed by atoms with Crippen molar-refractivity contribution in [3.8, 4) is 0 Å². The molecule has 2 heterocycles. The molecule has 0 bridgehead atoms. The minimum absolute atomic E-state index is 0. The molecule has 0 radical (unpaired) electrons. The van der Waals surface area contributed by atoms with Gasteiger partial charge in [0.1, 0.15) is 16.1 Å². The number of hydrogen-bond donors (Lipinski definition) is 1. The first kappa shape index (κ1) is 11.3. The SMILES string of the molecule is Cl.Nc1cc2cc(Cl)nc(Cl)c2cn1. The van der Waals surface area contributed by atoms with Gasteiger partial charge < -0.3 is 5.73 Å². The third kappa shape index (κ3) is 2.00. The van der Waals surface area contributed by atoms with Gasteiger partial charge in [-0.05, 0) is 17.5 Å². The summed E-state index contributed by atoms with van der Waals surface area (Å²) in [5.74, 6) is 0.436. The van der Waals surface area contributed by atoms with Crippen LogP contribution in [0.3, 0.4) is 0 Å². The largest absolute Gasteiger partial charge is 0.384 e. The minimum Gasteiger partial charge on any atom is -0.384 e. The van der Waals surface area contributed by atoms with Crippen LogP contribution in [-0.2, 0) is 0 Å². The zero-order valence-electron chi connectivity index (χ0n) is 6.87. The zero-order chi connectivity index (χ0) is 9.42. The molecule has 0 unspecified atom stereocenters. The number of halogens is 3. The van der Waals surface area contributed by atoms with E-state index in [1.165, 1.54) is 0 Å². The van der Waals surface area contributed by atoms with E-state index in [-0.39, 0.29) is 12.4 Å². The summed E-state index contributed by atoms with van der Waals surface area (Å²) >= 11 is 11.6. The molecule has 0 amide bonds. The van der Waals surface area contributed by atoms with E-state index >= 15 is 0 Å². The third-order valence-corrected chi connectivity index (χ3v) is 2.14. The number of nitrogens with two attached hydrogens (primary N) is 1. The summed E-state index contributed by atoms with van der Waals surface area (Å²) in [5, 5.41) is 2.29. The summed E-state index contributed by atoms with van der Waals surface area (Å²) in [6, 6.07) is 3.40. The first-order chi connectivity index (χ1) is 6.16. The van der Waals surface area contributed by atoms with E-state index < -0.39 is 0 Å². The van der Waals surface area contributed by atoms with Crippen molar-refractivity contribution in [3.63, 3.8) is 0 Å². The maximum Gasteiger partial charge on any atom is 0.140 e. The van der Waals surface area contributed by atoms with Crippen molar-refractivity contribution < 1.29 is 0 Å². The monoisotopic (exact) mass is 249 g/mol. The lowest BCUT2D eigenvalue weighted by molar-refractivity contribution is 1.32. The van der Waals surface area contributed by atoms with Gasteiger partial charge in [-0.3, -0.25) is 0 Å². The Morgan fingerprint density at radius 2 is 1.93 bits per heavy atom. The standard InChI is InChI=1S/C8H5Cl2N3.ClH/c9-6-1-4-2-7(11)12-3-5(4)8(10)13-6;/h1-3H,(H2,11,12);1H. The molecule has 0 atom stereocenters. The van der Waals surface area contributed by atoms with Gasteiger partial charge in [-0.15, -0.1) is 12.4 Å². The fourth-order valence-corrected chi connectivity index (χ4v) is 1.59. The molecule has 0 spiro atoms. The highest BCUT2D eigenvalue weighted by Crippen LogP contribution is 2.24. The van der Waals surface area contributed by atoms with E-state index in [1.807, 2.05) is 0 Å². The third-order valence-electron chi connectivity index (χ3n) is 1.66. The average molecular weight is 251 g/mol. The van der Waals surface area contributed by atoms with Gasteiger partial charge in [-0.25, -0.2) is 9.97 Å². The first-order valence-corrected chi connectivity index (χ1v) is 4.29. The maximum absolute atomic E-state index is 5.84. The number of hydrogen-bond acceptors (Lipinski definition) is 3. The van der Waals surface area contributed by atoms with Crippen molar-refractivity contribution in [2.24, 2.45) is 0 Å². The fraction of sp³-hybridized carbons (Fsp3) is 0. The fourth-order valence-electron chi connectivity index (χ4n) is 1.09. The molecule has 74 valence electrons. The summed E-state index contributed by atoms with van der Waals surface area (Å²) in [6.45, 7) is 0. The van der Waals surface area contributed by atoms with Gasteiger partial charge in [0.2, 0.25) is 0 Å². The van der Waals surface area contributed by atoms with Gasteiger partial charge in [-0.2, -0.15) is 0 Å². The van der Waals surface area contributed by atoms with Crippen molar-refractivity contribution in [1.29, 1.82) is 0 Å². The molecule has 2 aromatic rings. The Morgan fingerprint density at radius 1 is 1.21 bits per heavy atom.